The zero-order chi connectivity index (χ0) is 22.7. The van der Waals surface area contributed by atoms with Crippen molar-refractivity contribution < 1.29 is 22.7 Å². The number of rotatable bonds is 4. The molecular formula is C22H22F3N5O2. The number of piperazine rings is 1. The Balaban J connectivity index is 1.43. The average Bonchev–Trinajstić information content (AvgIpc) is 2.81. The van der Waals surface area contributed by atoms with Crippen molar-refractivity contribution in [2.75, 3.05) is 38.2 Å². The lowest BCUT2D eigenvalue weighted by Gasteiger charge is -2.36. The molecule has 32 heavy (non-hydrogen) atoms. The highest BCUT2D eigenvalue weighted by Crippen LogP contribution is 2.35. The number of carbonyl (C=O) groups excluding carboxylic acids is 1. The maximum absolute atomic E-state index is 13.6. The molecule has 2 amide bonds. The molecule has 0 radical (unpaired) electrons. The number of hydrogen-bond donors (Lipinski definition) is 1. The first-order valence-corrected chi connectivity index (χ1v) is 10.1. The van der Waals surface area contributed by atoms with E-state index in [-0.39, 0.29) is 43.5 Å². The highest BCUT2D eigenvalue weighted by Gasteiger charge is 2.39. The number of fused-ring (bicyclic) bond motifs is 1. The molecule has 1 aliphatic heterocycles. The topological polar surface area (TPSA) is 70.6 Å². The van der Waals surface area contributed by atoms with Crippen molar-refractivity contribution in [2.24, 2.45) is 0 Å². The third-order valence-electron chi connectivity index (χ3n) is 5.26. The first-order valence-electron chi connectivity index (χ1n) is 10.1. The second-order valence-corrected chi connectivity index (χ2v) is 7.37. The predicted molar refractivity (Wildman–Crippen MR) is 114 cm³/mol. The monoisotopic (exact) mass is 445 g/mol. The minimum Gasteiger partial charge on any atom is -0.497 e. The van der Waals surface area contributed by atoms with Crippen LogP contribution in [0, 0.1) is 0 Å². The number of hydrogen-bond acceptors (Lipinski definition) is 5. The number of ether oxygens (including phenoxy) is 1. The molecule has 2 heterocycles. The van der Waals surface area contributed by atoms with Gasteiger partial charge in [-0.05, 0) is 29.8 Å². The van der Waals surface area contributed by atoms with Gasteiger partial charge >= 0.3 is 12.2 Å². The summed E-state index contributed by atoms with van der Waals surface area (Å²) in [4.78, 5) is 23.7. The molecule has 2 aromatic carbocycles. The van der Waals surface area contributed by atoms with Crippen LogP contribution in [0.5, 0.6) is 5.75 Å². The molecule has 0 aliphatic carbocycles. The molecule has 168 valence electrons. The van der Waals surface area contributed by atoms with Crippen LogP contribution in [0.3, 0.4) is 0 Å². The van der Waals surface area contributed by atoms with Crippen molar-refractivity contribution in [1.29, 1.82) is 0 Å². The van der Waals surface area contributed by atoms with Crippen molar-refractivity contribution in [3.05, 3.63) is 59.8 Å². The Morgan fingerprint density at radius 3 is 2.38 bits per heavy atom. The normalized spacial score (nSPS) is 14.5. The summed E-state index contributed by atoms with van der Waals surface area (Å²) >= 11 is 0. The van der Waals surface area contributed by atoms with Crippen molar-refractivity contribution in [3.63, 3.8) is 0 Å². The minimum atomic E-state index is -4.63. The van der Waals surface area contributed by atoms with E-state index in [2.05, 4.69) is 15.3 Å². The molecule has 1 saturated heterocycles. The van der Waals surface area contributed by atoms with Gasteiger partial charge in [0.2, 0.25) is 0 Å². The van der Waals surface area contributed by atoms with Crippen molar-refractivity contribution >= 4 is 22.9 Å². The maximum atomic E-state index is 13.6. The van der Waals surface area contributed by atoms with Gasteiger partial charge in [-0.3, -0.25) is 0 Å². The zero-order valence-electron chi connectivity index (χ0n) is 17.4. The van der Waals surface area contributed by atoms with Crippen LogP contribution in [0.4, 0.5) is 23.8 Å². The summed E-state index contributed by atoms with van der Waals surface area (Å²) in [6.45, 7) is 1.32. The van der Waals surface area contributed by atoms with E-state index in [1.165, 1.54) is 11.0 Å². The number of methoxy groups -OCH3 is 1. The van der Waals surface area contributed by atoms with Crippen LogP contribution in [-0.4, -0.2) is 54.2 Å². The van der Waals surface area contributed by atoms with Crippen LogP contribution < -0.4 is 15.0 Å². The Morgan fingerprint density at radius 2 is 1.72 bits per heavy atom. The molecule has 0 bridgehead atoms. The highest BCUT2D eigenvalue weighted by molar-refractivity contribution is 5.77. The summed E-state index contributed by atoms with van der Waals surface area (Å²) in [6, 6.07) is 13.6. The molecule has 10 heteroatoms. The molecule has 1 aliphatic rings. The first kappa shape index (κ1) is 21.7. The number of carbonyl (C=O) groups is 1. The SMILES string of the molecule is COc1cccc(CNC(=O)N2CCN(c3nc4ccccc4nc3C(F)(F)F)CC2)c1. The van der Waals surface area contributed by atoms with Crippen LogP contribution in [-0.2, 0) is 12.7 Å². The van der Waals surface area contributed by atoms with E-state index in [1.807, 2.05) is 24.3 Å². The Bertz CT molecular complexity index is 1110. The number of para-hydroxylation sites is 2. The van der Waals surface area contributed by atoms with Crippen LogP contribution in [0.1, 0.15) is 11.3 Å². The van der Waals surface area contributed by atoms with E-state index in [0.717, 1.165) is 5.56 Å². The van der Waals surface area contributed by atoms with Crippen molar-refractivity contribution in [2.45, 2.75) is 12.7 Å². The molecule has 0 atom stereocenters. The Hall–Kier alpha value is -3.56. The third-order valence-corrected chi connectivity index (χ3v) is 5.26. The highest BCUT2D eigenvalue weighted by atomic mass is 19.4. The quantitative estimate of drug-likeness (QED) is 0.663. The van der Waals surface area contributed by atoms with Crippen LogP contribution in [0.2, 0.25) is 0 Å². The first-order chi connectivity index (χ1) is 15.3. The maximum Gasteiger partial charge on any atom is 0.437 e. The van der Waals surface area contributed by atoms with Crippen LogP contribution in [0.25, 0.3) is 11.0 Å². The van der Waals surface area contributed by atoms with E-state index in [4.69, 9.17) is 4.74 Å². The molecule has 0 saturated carbocycles. The molecule has 1 N–H and O–H groups in total. The molecule has 7 nitrogen and oxygen atoms in total. The fourth-order valence-electron chi connectivity index (χ4n) is 3.59. The Kier molecular flexibility index (Phi) is 6.02. The number of urea groups is 1. The van der Waals surface area contributed by atoms with Gasteiger partial charge in [-0.2, -0.15) is 13.2 Å². The lowest BCUT2D eigenvalue weighted by molar-refractivity contribution is -0.140. The molecular weight excluding hydrogens is 423 g/mol. The summed E-state index contributed by atoms with van der Waals surface area (Å²) < 4.78 is 46.1. The fourth-order valence-corrected chi connectivity index (χ4v) is 3.59. The Morgan fingerprint density at radius 1 is 1.03 bits per heavy atom. The fraction of sp³-hybridized carbons (Fsp3) is 0.318. The molecule has 1 fully saturated rings. The number of alkyl halides is 3. The van der Waals surface area contributed by atoms with E-state index >= 15 is 0 Å². The lowest BCUT2D eigenvalue weighted by atomic mass is 10.2. The van der Waals surface area contributed by atoms with Crippen LogP contribution >= 0.6 is 0 Å². The summed E-state index contributed by atoms with van der Waals surface area (Å²) in [5.74, 6) is 0.495. The number of aromatic nitrogens is 2. The largest absolute Gasteiger partial charge is 0.497 e. The predicted octanol–water partition coefficient (Wildman–Crippen LogP) is 3.69. The van der Waals surface area contributed by atoms with E-state index in [0.29, 0.717) is 17.8 Å². The molecule has 3 aromatic rings. The van der Waals surface area contributed by atoms with Gasteiger partial charge in [0.25, 0.3) is 0 Å². The molecule has 1 aromatic heterocycles. The molecule has 0 spiro atoms. The van der Waals surface area contributed by atoms with Gasteiger partial charge in [0, 0.05) is 32.7 Å². The minimum absolute atomic E-state index is 0.194. The molecule has 4 rings (SSSR count). The Labute approximate surface area is 182 Å². The van der Waals surface area contributed by atoms with E-state index in [9.17, 15) is 18.0 Å². The summed E-state index contributed by atoms with van der Waals surface area (Å²) in [7, 11) is 1.57. The van der Waals surface area contributed by atoms with Gasteiger partial charge < -0.3 is 19.9 Å². The number of benzene rings is 2. The van der Waals surface area contributed by atoms with Gasteiger partial charge in [-0.1, -0.05) is 24.3 Å². The van der Waals surface area contributed by atoms with Crippen molar-refractivity contribution in [1.82, 2.24) is 20.2 Å². The second-order valence-electron chi connectivity index (χ2n) is 7.37. The number of nitrogens with zero attached hydrogens (tertiary/aromatic N) is 4. The van der Waals surface area contributed by atoms with Gasteiger partial charge in [-0.25, -0.2) is 14.8 Å². The standard InChI is InChI=1S/C22H22F3N5O2/c1-32-16-6-4-5-15(13-16)14-26-21(31)30-11-9-29(10-12-30)20-19(22(23,24)25)27-17-7-2-3-8-18(17)28-20/h2-8,13H,9-12,14H2,1H3,(H,26,31). The second kappa shape index (κ2) is 8.89. The number of nitrogens with one attached hydrogen (secondary N) is 1. The van der Waals surface area contributed by atoms with Crippen molar-refractivity contribution in [3.8, 4) is 5.75 Å². The van der Waals surface area contributed by atoms with Gasteiger partial charge in [0.05, 0.1) is 18.1 Å². The smallest absolute Gasteiger partial charge is 0.437 e. The number of anilines is 1. The van der Waals surface area contributed by atoms with Gasteiger partial charge in [0.15, 0.2) is 11.5 Å². The average molecular weight is 445 g/mol. The van der Waals surface area contributed by atoms with Crippen LogP contribution in [0.15, 0.2) is 48.5 Å². The number of amides is 2. The van der Waals surface area contributed by atoms with E-state index in [1.54, 1.807) is 30.2 Å². The van der Waals surface area contributed by atoms with Gasteiger partial charge in [-0.15, -0.1) is 0 Å². The lowest BCUT2D eigenvalue weighted by Crippen LogP contribution is -2.52. The third kappa shape index (κ3) is 4.68. The summed E-state index contributed by atoms with van der Waals surface area (Å²) in [6.07, 6.45) is -4.63. The molecule has 0 unspecified atom stereocenters. The summed E-state index contributed by atoms with van der Waals surface area (Å²) in [5.41, 5.74) is 0.470. The number of halogens is 3. The van der Waals surface area contributed by atoms with Gasteiger partial charge in [0.1, 0.15) is 5.75 Å². The van der Waals surface area contributed by atoms with E-state index < -0.39 is 11.9 Å². The zero-order valence-corrected chi connectivity index (χ0v) is 17.4. The summed E-state index contributed by atoms with van der Waals surface area (Å²) in [5, 5.41) is 2.84.